The van der Waals surface area contributed by atoms with Crippen molar-refractivity contribution in [3.05, 3.63) is 35.1 Å². The lowest BCUT2D eigenvalue weighted by molar-refractivity contribution is 0.0700. The molecule has 0 saturated heterocycles. The summed E-state index contributed by atoms with van der Waals surface area (Å²) >= 11 is 3.25. The van der Waals surface area contributed by atoms with Crippen molar-refractivity contribution < 1.29 is 18.0 Å². The van der Waals surface area contributed by atoms with Crippen LogP contribution in [0.25, 0.3) is 0 Å². The second-order valence-corrected chi connectivity index (χ2v) is 5.15. The van der Waals surface area contributed by atoms with E-state index in [-0.39, 0.29) is 6.04 Å². The zero-order chi connectivity index (χ0) is 14.6. The molecule has 0 aliphatic rings. The van der Waals surface area contributed by atoms with Crippen molar-refractivity contribution in [1.82, 2.24) is 4.90 Å². The van der Waals surface area contributed by atoms with Gasteiger partial charge >= 0.3 is 0 Å². The molecule has 0 bridgehead atoms. The highest BCUT2D eigenvalue weighted by atomic mass is 79.9. The summed E-state index contributed by atoms with van der Waals surface area (Å²) in [5.74, 6) is -4.98. The van der Waals surface area contributed by atoms with Crippen molar-refractivity contribution in [1.29, 1.82) is 0 Å². The van der Waals surface area contributed by atoms with Crippen LogP contribution in [0.3, 0.4) is 0 Å². The number of nitrogens with zero attached hydrogens (tertiary/aromatic N) is 1. The molecule has 0 aromatic heterocycles. The van der Waals surface area contributed by atoms with Gasteiger partial charge in [-0.1, -0.05) is 15.9 Å². The average molecular weight is 338 g/mol. The third-order valence-electron chi connectivity index (χ3n) is 2.68. The molecule has 1 rings (SSSR count). The summed E-state index contributed by atoms with van der Waals surface area (Å²) in [5.41, 5.74) is -0.442. The Morgan fingerprint density at radius 2 is 1.89 bits per heavy atom. The minimum absolute atomic E-state index is 0.154. The second-order valence-electron chi connectivity index (χ2n) is 4.36. The molecular weight excluding hydrogens is 323 g/mol. The summed E-state index contributed by atoms with van der Waals surface area (Å²) in [6, 6.07) is 1.58. The van der Waals surface area contributed by atoms with Gasteiger partial charge in [-0.25, -0.2) is 13.2 Å². The zero-order valence-corrected chi connectivity index (χ0v) is 12.3. The van der Waals surface area contributed by atoms with Crippen LogP contribution in [-0.2, 0) is 0 Å². The first-order chi connectivity index (χ1) is 8.90. The van der Waals surface area contributed by atoms with E-state index in [1.165, 1.54) is 4.90 Å². The molecule has 1 aromatic rings. The second kappa shape index (κ2) is 6.93. The Bertz CT molecular complexity index is 465. The molecule has 0 aliphatic heterocycles. The van der Waals surface area contributed by atoms with Crippen LogP contribution in [0.2, 0.25) is 0 Å². The fourth-order valence-corrected chi connectivity index (χ4v) is 1.92. The molecule has 106 valence electrons. The SMILES string of the molecule is CC(C)N(CCCBr)C(=O)c1ccc(F)c(F)c1F. The van der Waals surface area contributed by atoms with Crippen LogP contribution >= 0.6 is 15.9 Å². The quantitative estimate of drug-likeness (QED) is 0.592. The van der Waals surface area contributed by atoms with Gasteiger partial charge in [0.05, 0.1) is 5.56 Å². The Hall–Kier alpha value is -1.04. The Kier molecular flexibility index (Phi) is 5.85. The van der Waals surface area contributed by atoms with E-state index in [0.717, 1.165) is 12.1 Å². The number of rotatable bonds is 5. The number of hydrogen-bond acceptors (Lipinski definition) is 1. The van der Waals surface area contributed by atoms with Crippen molar-refractivity contribution >= 4 is 21.8 Å². The third-order valence-corrected chi connectivity index (χ3v) is 3.24. The number of alkyl halides is 1. The lowest BCUT2D eigenvalue weighted by Crippen LogP contribution is -2.38. The lowest BCUT2D eigenvalue weighted by atomic mass is 10.1. The molecule has 1 aromatic carbocycles. The number of carbonyl (C=O) groups excluding carboxylic acids is 1. The van der Waals surface area contributed by atoms with Gasteiger partial charge < -0.3 is 4.90 Å². The summed E-state index contributed by atoms with van der Waals surface area (Å²) in [6.45, 7) is 3.98. The minimum atomic E-state index is -1.62. The smallest absolute Gasteiger partial charge is 0.257 e. The molecule has 1 amide bonds. The predicted molar refractivity (Wildman–Crippen MR) is 70.9 cm³/mol. The van der Waals surface area contributed by atoms with Crippen LogP contribution in [0.15, 0.2) is 12.1 Å². The molecular formula is C13H15BrF3NO. The van der Waals surface area contributed by atoms with E-state index in [0.29, 0.717) is 18.3 Å². The maximum atomic E-state index is 13.6. The summed E-state index contributed by atoms with van der Waals surface area (Å²) in [7, 11) is 0. The minimum Gasteiger partial charge on any atom is -0.336 e. The molecule has 0 saturated carbocycles. The highest BCUT2D eigenvalue weighted by molar-refractivity contribution is 9.09. The summed E-state index contributed by atoms with van der Waals surface area (Å²) < 4.78 is 39.6. The molecule has 0 radical (unpaired) electrons. The molecule has 6 heteroatoms. The van der Waals surface area contributed by atoms with Crippen LogP contribution in [0.1, 0.15) is 30.6 Å². The summed E-state index contributed by atoms with van der Waals surface area (Å²) in [4.78, 5) is 13.6. The maximum Gasteiger partial charge on any atom is 0.257 e. The van der Waals surface area contributed by atoms with Gasteiger partial charge in [-0.2, -0.15) is 0 Å². The van der Waals surface area contributed by atoms with Crippen LogP contribution in [-0.4, -0.2) is 28.7 Å². The molecule has 0 fully saturated rings. The van der Waals surface area contributed by atoms with Gasteiger partial charge in [0.25, 0.3) is 5.91 Å². The van der Waals surface area contributed by atoms with E-state index < -0.39 is 28.9 Å². The van der Waals surface area contributed by atoms with Crippen LogP contribution < -0.4 is 0 Å². The highest BCUT2D eigenvalue weighted by Gasteiger charge is 2.24. The molecule has 0 atom stereocenters. The van der Waals surface area contributed by atoms with E-state index in [9.17, 15) is 18.0 Å². The first-order valence-corrected chi connectivity index (χ1v) is 7.02. The largest absolute Gasteiger partial charge is 0.336 e. The Morgan fingerprint density at radius 1 is 1.26 bits per heavy atom. The zero-order valence-electron chi connectivity index (χ0n) is 10.7. The number of hydrogen-bond donors (Lipinski definition) is 0. The normalized spacial score (nSPS) is 10.9. The van der Waals surface area contributed by atoms with Gasteiger partial charge in [0.2, 0.25) is 0 Å². The number of amides is 1. The maximum absolute atomic E-state index is 13.6. The van der Waals surface area contributed by atoms with Crippen molar-refractivity contribution in [3.63, 3.8) is 0 Å². The van der Waals surface area contributed by atoms with E-state index >= 15 is 0 Å². The van der Waals surface area contributed by atoms with Crippen molar-refractivity contribution in [2.75, 3.05) is 11.9 Å². The first kappa shape index (κ1) is 16.0. The fourth-order valence-electron chi connectivity index (χ4n) is 1.67. The molecule has 0 unspecified atom stereocenters. The third kappa shape index (κ3) is 3.72. The van der Waals surface area contributed by atoms with Crippen molar-refractivity contribution in [2.24, 2.45) is 0 Å². The van der Waals surface area contributed by atoms with Crippen molar-refractivity contribution in [3.8, 4) is 0 Å². The van der Waals surface area contributed by atoms with Gasteiger partial charge in [0.1, 0.15) is 0 Å². The first-order valence-electron chi connectivity index (χ1n) is 5.90. The predicted octanol–water partition coefficient (Wildman–Crippen LogP) is 3.74. The molecule has 0 N–H and O–H groups in total. The topological polar surface area (TPSA) is 20.3 Å². The van der Waals surface area contributed by atoms with E-state index in [2.05, 4.69) is 15.9 Å². The Labute approximate surface area is 118 Å². The van der Waals surface area contributed by atoms with Gasteiger partial charge in [-0.3, -0.25) is 4.79 Å². The van der Waals surface area contributed by atoms with E-state index in [4.69, 9.17) is 0 Å². The van der Waals surface area contributed by atoms with Crippen LogP contribution in [0.4, 0.5) is 13.2 Å². The standard InChI is InChI=1S/C13H15BrF3NO/c1-8(2)18(7-3-6-14)13(19)9-4-5-10(15)12(17)11(9)16/h4-5,8H,3,6-7H2,1-2H3. The van der Waals surface area contributed by atoms with Gasteiger partial charge in [0, 0.05) is 17.9 Å². The number of halogens is 4. The van der Waals surface area contributed by atoms with Gasteiger partial charge in [-0.15, -0.1) is 0 Å². The van der Waals surface area contributed by atoms with Gasteiger partial charge in [0.15, 0.2) is 17.5 Å². The Balaban J connectivity index is 3.06. The summed E-state index contributed by atoms with van der Waals surface area (Å²) in [5, 5.41) is 0.698. The summed E-state index contributed by atoms with van der Waals surface area (Å²) in [6.07, 6.45) is 0.690. The van der Waals surface area contributed by atoms with Crippen LogP contribution in [0.5, 0.6) is 0 Å². The van der Waals surface area contributed by atoms with E-state index in [1.807, 2.05) is 0 Å². The molecule has 0 aliphatic carbocycles. The monoisotopic (exact) mass is 337 g/mol. The van der Waals surface area contributed by atoms with Gasteiger partial charge in [-0.05, 0) is 32.4 Å². The Morgan fingerprint density at radius 3 is 2.42 bits per heavy atom. The van der Waals surface area contributed by atoms with Crippen molar-refractivity contribution in [2.45, 2.75) is 26.3 Å². The molecule has 19 heavy (non-hydrogen) atoms. The lowest BCUT2D eigenvalue weighted by Gasteiger charge is -2.26. The number of carbonyl (C=O) groups is 1. The molecule has 0 spiro atoms. The number of benzene rings is 1. The molecule has 2 nitrogen and oxygen atoms in total. The fraction of sp³-hybridized carbons (Fsp3) is 0.462. The highest BCUT2D eigenvalue weighted by Crippen LogP contribution is 2.18. The van der Waals surface area contributed by atoms with E-state index in [1.54, 1.807) is 13.8 Å². The van der Waals surface area contributed by atoms with Crippen LogP contribution in [0, 0.1) is 17.5 Å². The average Bonchev–Trinajstić information content (AvgIpc) is 2.36. The molecule has 0 heterocycles.